The van der Waals surface area contributed by atoms with E-state index in [9.17, 15) is 127 Å². The summed E-state index contributed by atoms with van der Waals surface area (Å²) in [6.45, 7) is 7.10. The summed E-state index contributed by atoms with van der Waals surface area (Å²) >= 11 is 0. The molecule has 61 nitrogen and oxygen atoms in total. The average Bonchev–Trinajstić information content (AvgIpc) is 1.67. The fourth-order valence-electron chi connectivity index (χ4n) is 15.2. The Labute approximate surface area is 866 Å². The maximum atomic E-state index is 15.6. The van der Waals surface area contributed by atoms with Gasteiger partial charge >= 0.3 is 23.9 Å². The third-order valence-electron chi connectivity index (χ3n) is 23.6. The lowest BCUT2D eigenvalue weighted by molar-refractivity contribution is -0.156. The van der Waals surface area contributed by atoms with Crippen molar-refractivity contribution in [2.45, 2.75) is 259 Å². The van der Waals surface area contributed by atoms with Crippen LogP contribution in [0, 0.1) is 34.5 Å². The van der Waals surface area contributed by atoms with Gasteiger partial charge in [0.15, 0.2) is 17.8 Å². The zero-order valence-electron chi connectivity index (χ0n) is 82.1. The van der Waals surface area contributed by atoms with Crippen LogP contribution >= 0.6 is 43.2 Å². The molecule has 0 spiro atoms. The first-order valence-electron chi connectivity index (χ1n) is 46.9. The first-order valence-corrected chi connectivity index (χ1v) is 51.8. The number of carboxylic acids is 4. The number of aromatic amines is 1. The molecule has 828 valence electrons. The number of hydrogen-bond donors (Lipinski definition) is 33. The second-order valence-electron chi connectivity index (χ2n) is 36.0. The van der Waals surface area contributed by atoms with Gasteiger partial charge in [-0.05, 0) is 63.2 Å². The molecule has 0 unspecified atom stereocenters. The minimum Gasteiger partial charge on any atom is -0.481 e. The van der Waals surface area contributed by atoms with Crippen LogP contribution in [0.4, 0.5) is 0 Å². The Bertz CT molecular complexity index is 5040. The molecule has 5 rings (SSSR count). The molecule has 5 heterocycles. The van der Waals surface area contributed by atoms with E-state index in [0.717, 1.165) is 11.8 Å². The van der Waals surface area contributed by atoms with Gasteiger partial charge in [-0.2, -0.15) is 0 Å². The van der Waals surface area contributed by atoms with E-state index in [1.807, 2.05) is 5.32 Å². The van der Waals surface area contributed by atoms with Crippen LogP contribution in [0.15, 0.2) is 12.5 Å². The maximum Gasteiger partial charge on any atom is 0.327 e. The summed E-state index contributed by atoms with van der Waals surface area (Å²) in [5, 5.41) is 121. The van der Waals surface area contributed by atoms with E-state index in [4.69, 9.17) is 45.2 Å². The molecule has 0 aliphatic carbocycles. The minimum atomic E-state index is -2.74. The standard InChI is InChI=1S/C84H132N30O31S4/c1-8-35(6)59(88)75(135)99-40(12-9-15-94-83(89)90)63(123)101-45(24-58(120)121)67(127)100-43(20-39(80(140)141)81(142)143)65(125)108-51-30-147-146-28-49-70(130)98-41(13-10-16-95-84(91)92)64(124)111-60(33(2)3)76(136)103-44(21-55(85)117)66(126)104-47(23-57(87)119)79(139)114-26-38(116)19-54(114)74(134)102-42(18-37-25-93-32-96-37)68(128)112-61(34(4)5)77(137)110-52(82(144)145)31-149-148-29-50(109-72(51)132)71(131)106-48(27-115)69(129)105-46(22-56(86)118)78(138)113-17-11-14-53(113)73(133)97-36(7)62(122)107-49/h25,32-36,38-54,59-61,115-116H,8-24,26-31,88H2,1-7H3,(H2,85,117)(H2,86,118)(H2,87,119)(H,93,96)(H,97,133)(H,98,130)(H,99,135)(H,100,127)(H,101,123)(H,102,134)(H,103,136)(H,104,126)(H,105,129)(H,106,131)(H,107,122)(H,108,125)(H,109,132)(H,110,137)(H,111,124)(H,112,128)(H,120,121)(H,140,141)(H,142,143)(H,144,145)(H4,89,90,94)(H4,91,92,95)/t35-,36-,38+,40-,41-,42-,43-,44-,45-,46-,47-,48-,49-,50-,51-,52-,53-,54-,59-,60-,61-/m0/s1. The normalized spacial score (nSPS) is 25.2. The molecule has 21 atom stereocenters. The number of aliphatic hydroxyl groups excluding tert-OH is 2. The van der Waals surface area contributed by atoms with Crippen LogP contribution in [0.5, 0.6) is 0 Å². The van der Waals surface area contributed by atoms with E-state index in [0.29, 0.717) is 54.5 Å². The second kappa shape index (κ2) is 60.9. The van der Waals surface area contributed by atoms with Gasteiger partial charge in [0.05, 0.1) is 50.8 Å². The Balaban J connectivity index is 1.84. The molecule has 4 fully saturated rings. The summed E-state index contributed by atoms with van der Waals surface area (Å²) in [5.74, 6) is -45.9. The molecule has 0 radical (unpaired) electrons. The fraction of sp³-hybridized carbons (Fsp3) is 0.643. The van der Waals surface area contributed by atoms with Crippen molar-refractivity contribution in [1.82, 2.24) is 115 Å². The second-order valence-corrected chi connectivity index (χ2v) is 41.1. The number of nitrogens with two attached hydrogens (primary N) is 6. The summed E-state index contributed by atoms with van der Waals surface area (Å²) in [4.78, 5) is 365. The van der Waals surface area contributed by atoms with E-state index < -0.39 is 392 Å². The highest BCUT2D eigenvalue weighted by atomic mass is 33.1. The van der Waals surface area contributed by atoms with Crippen molar-refractivity contribution in [2.24, 2.45) is 58.1 Å². The molecule has 1 aromatic rings. The molecule has 149 heavy (non-hydrogen) atoms. The van der Waals surface area contributed by atoms with Crippen molar-refractivity contribution in [3.63, 3.8) is 0 Å². The summed E-state index contributed by atoms with van der Waals surface area (Å²) in [7, 11) is 1.94. The summed E-state index contributed by atoms with van der Waals surface area (Å²) in [5.41, 5.74) is 34.1. The van der Waals surface area contributed by atoms with Crippen LogP contribution < -0.4 is 130 Å². The first-order chi connectivity index (χ1) is 70.0. The molecule has 1 aromatic heterocycles. The molecule has 4 aliphatic heterocycles. The molecule has 4 saturated heterocycles. The van der Waals surface area contributed by atoms with Crippen molar-refractivity contribution in [3.8, 4) is 0 Å². The predicted molar refractivity (Wildman–Crippen MR) is 527 cm³/mol. The Morgan fingerprint density at radius 3 is 1.50 bits per heavy atom. The van der Waals surface area contributed by atoms with E-state index in [2.05, 4.69) is 100 Å². The Morgan fingerprint density at radius 1 is 0.510 bits per heavy atom. The number of hydrogen-bond acceptors (Lipinski definition) is 35. The Hall–Kier alpha value is -14.2. The third kappa shape index (κ3) is 40.7. The number of carboxylic acid groups (broad SMARTS) is 4. The van der Waals surface area contributed by atoms with Gasteiger partial charge in [-0.1, -0.05) is 91.1 Å². The van der Waals surface area contributed by atoms with Crippen LogP contribution in [0.3, 0.4) is 0 Å². The number of amides is 21. The van der Waals surface area contributed by atoms with Gasteiger partial charge < -0.3 is 176 Å². The van der Waals surface area contributed by atoms with Crippen LogP contribution in [0.2, 0.25) is 0 Å². The number of imidazole rings is 1. The number of aliphatic hydroxyl groups is 2. The van der Waals surface area contributed by atoms with Gasteiger partial charge in [0, 0.05) is 80.3 Å². The molecule has 4 aliphatic rings. The van der Waals surface area contributed by atoms with E-state index in [1.54, 1.807) is 13.8 Å². The number of H-pyrrole nitrogens is 1. The number of aliphatic carboxylic acids is 4. The van der Waals surface area contributed by atoms with Gasteiger partial charge in [0.2, 0.25) is 124 Å². The molecule has 21 amide bonds. The van der Waals surface area contributed by atoms with Gasteiger partial charge in [0.1, 0.15) is 109 Å². The smallest absolute Gasteiger partial charge is 0.327 e. The van der Waals surface area contributed by atoms with Crippen LogP contribution in [-0.2, 0) is 126 Å². The summed E-state index contributed by atoms with van der Waals surface area (Å²) in [6, 6.07) is -37.6. The Morgan fingerprint density at radius 2 is 0.980 bits per heavy atom. The van der Waals surface area contributed by atoms with Crippen molar-refractivity contribution in [2.75, 3.05) is 55.8 Å². The lowest BCUT2D eigenvalue weighted by Gasteiger charge is -2.31. The van der Waals surface area contributed by atoms with E-state index >= 15 is 24.0 Å². The van der Waals surface area contributed by atoms with Gasteiger partial charge in [-0.3, -0.25) is 126 Å². The number of carbonyl (C=O) groups is 25. The summed E-state index contributed by atoms with van der Waals surface area (Å²) < 4.78 is 0. The lowest BCUT2D eigenvalue weighted by Crippen LogP contribution is -2.62. The number of nitrogens with zero attached hydrogens (tertiary/aromatic N) is 3. The largest absolute Gasteiger partial charge is 0.481 e. The van der Waals surface area contributed by atoms with Crippen LogP contribution in [0.25, 0.3) is 0 Å². The molecule has 65 heteroatoms. The molecular weight excluding hydrogens is 2050 g/mol. The predicted octanol–water partition coefficient (Wildman–Crippen LogP) is -14.0. The topological polar surface area (TPSA) is 1000 Å². The average molecular weight is 2190 g/mol. The SMILES string of the molecule is CC[C@H](C)[C@H](N)C(=O)N[C@@H](CCCNC(=N)N)C(=O)N[C@@H](CC(=O)O)C(=O)N[C@@H](CC(C(=O)O)C(=O)O)C(=O)N[C@H]1CSSC[C@@H]2NC(=O)[C@H](C)NC(=O)[C@@H]3CCCN3C(=O)[C@H](CC(N)=O)NC(=O)[C@H](CO)NC(=O)[C@H](CSSC[C@@H](C(=O)O)NC(=O)[C@H](C(C)C)NC(=O)[C@H](Cc3cnc[nH]3)NC(=O)[C@@H]3C[C@@H](O)CN3C(=O)[C@H](CC(N)=O)NC(=O)[C@H](CC(N)=O)NC(=O)[C@H](C(C)C)NC(=O)[C@H](CCCNC(=N)N)NC2=O)NC1=O. The summed E-state index contributed by atoms with van der Waals surface area (Å²) in [6.07, 6.45) is -7.41. The zero-order chi connectivity index (χ0) is 112. The van der Waals surface area contributed by atoms with E-state index in [1.165, 1.54) is 40.2 Å². The number of carbonyl (C=O) groups excluding carboxylic acids is 21. The monoisotopic (exact) mass is 2180 g/mol. The number of aromatic nitrogens is 2. The molecule has 0 saturated carbocycles. The number of nitrogens with one attached hydrogen (secondary N) is 21. The number of fused-ring (bicyclic) bond motifs is 10. The minimum absolute atomic E-state index is 0.0444. The van der Waals surface area contributed by atoms with Crippen molar-refractivity contribution in [3.05, 3.63) is 18.2 Å². The van der Waals surface area contributed by atoms with E-state index in [-0.39, 0.29) is 57.4 Å². The highest BCUT2D eigenvalue weighted by Crippen LogP contribution is 2.29. The van der Waals surface area contributed by atoms with Gasteiger partial charge in [-0.25, -0.2) is 9.78 Å². The maximum absolute atomic E-state index is 15.6. The number of guanidine groups is 2. The number of primary amides is 3. The molecule has 2 bridgehead atoms. The number of rotatable bonds is 36. The van der Waals surface area contributed by atoms with Crippen molar-refractivity contribution in [1.29, 1.82) is 10.8 Å². The fourth-order valence-corrected chi connectivity index (χ4v) is 19.8. The zero-order valence-corrected chi connectivity index (χ0v) is 85.4. The first kappa shape index (κ1) is 125. The van der Waals surface area contributed by atoms with Crippen molar-refractivity contribution < 1.29 is 151 Å². The third-order valence-corrected chi connectivity index (χ3v) is 28.4. The molecule has 39 N–H and O–H groups in total. The van der Waals surface area contributed by atoms with Gasteiger partial charge in [0.25, 0.3) is 0 Å². The molecule has 0 aromatic carbocycles. The van der Waals surface area contributed by atoms with Crippen LogP contribution in [0.1, 0.15) is 138 Å². The quantitative estimate of drug-likeness (QED) is 0.00975. The van der Waals surface area contributed by atoms with Crippen molar-refractivity contribution >= 4 is 203 Å². The highest BCUT2D eigenvalue weighted by molar-refractivity contribution is 8.77. The lowest BCUT2D eigenvalue weighted by atomic mass is 9.98. The Kier molecular flexibility index (Phi) is 51.2. The highest BCUT2D eigenvalue weighted by Gasteiger charge is 2.48. The van der Waals surface area contributed by atoms with Crippen LogP contribution in [-0.4, -0.2) is 387 Å². The van der Waals surface area contributed by atoms with Gasteiger partial charge in [-0.15, -0.1) is 0 Å². The molecular formula is C84H132N30O31S4.